The van der Waals surface area contributed by atoms with Crippen molar-refractivity contribution in [2.75, 3.05) is 52.3 Å². The van der Waals surface area contributed by atoms with E-state index in [9.17, 15) is 43.5 Å². The molecule has 740 valence electrons. The summed E-state index contributed by atoms with van der Waals surface area (Å²) in [7, 11) is 4.06. The molecule has 2 saturated heterocycles. The number of thioether (sulfide) groups is 1. The van der Waals surface area contributed by atoms with Crippen molar-refractivity contribution < 1.29 is 86.6 Å². The van der Waals surface area contributed by atoms with Gasteiger partial charge in [0.15, 0.2) is 17.5 Å². The van der Waals surface area contributed by atoms with Gasteiger partial charge in [-0.25, -0.2) is 9.97 Å². The maximum atomic E-state index is 16.0. The number of imidazole rings is 2. The van der Waals surface area contributed by atoms with Crippen molar-refractivity contribution in [3.05, 3.63) is 144 Å². The van der Waals surface area contributed by atoms with Gasteiger partial charge in [0, 0.05) is 138 Å². The second-order valence-electron chi connectivity index (χ2n) is 35.3. The molecule has 14 atom stereocenters. The standard InChI is InChI=1S/C94H130N24O18S/c1-9-11-29-75-89(132)110-66(36-53(3)4)85(128)114-73(77(120)32-33-79(95)122)49-137-50-81(124)106-69(37-55-22-14-13-15-23-55)90(133)115(6)54(5)82(125)111-71(43-80(96)123)92(135)118-35-21-31-74(118)78(121)41-56(38-59-46-99-51-104-59)83(126)108-68(42-60-47-100-52-105-60)87(130)113-72(48-119)88(131)109-67(39-57-44-102-63-26-18-16-24-61(57)63)86(129)107-65(28-20-34-101-94(97)98)84(127)112-70(40-58-45-103-64-27-19-17-25-62(58)64)91(134)117(8)76(30-12-10-2)93(136)116(75)7/h13-19,22-27,44-47,51-54,56,65-76,102-103,119H,9-12,20-21,28-43,48-50H2,1-8H3,(H2,95,122)(H2,96,123)(H,99,104)(H,100,105)(H,106,124)(H,107,129)(H,108,126)(H,109,131)(H,110,132)(H,111,125)(H,112,127)(H,113,130)(H,114,128)(H4,97,98,101)/t54-,56+,65-,66-,67-,68-,69-,70-,71-,72-,73-,74-,75-,76-/m0/s1. The number of fused-ring (bicyclic) bond motifs is 3. The number of aromatic amines is 4. The minimum absolute atomic E-state index is 0.0136. The quantitative estimate of drug-likeness (QED) is 0.0169. The fourth-order valence-electron chi connectivity index (χ4n) is 16.8. The Hall–Kier alpha value is -13.9. The molecule has 0 saturated carbocycles. The summed E-state index contributed by atoms with van der Waals surface area (Å²) in [6, 6.07) is 3.00. The van der Waals surface area contributed by atoms with Crippen LogP contribution in [0.3, 0.4) is 0 Å². The Morgan fingerprint density at radius 3 is 1.64 bits per heavy atom. The molecule has 2 aliphatic heterocycles. The van der Waals surface area contributed by atoms with E-state index in [-0.39, 0.29) is 113 Å². The Morgan fingerprint density at radius 2 is 1.04 bits per heavy atom. The van der Waals surface area contributed by atoms with E-state index in [0.717, 1.165) is 21.6 Å². The second-order valence-corrected chi connectivity index (χ2v) is 36.3. The van der Waals surface area contributed by atoms with E-state index in [2.05, 4.69) is 83.1 Å². The number of carbonyl (C=O) groups excluding carboxylic acids is 17. The van der Waals surface area contributed by atoms with Crippen molar-refractivity contribution in [3.63, 3.8) is 0 Å². The largest absolute Gasteiger partial charge is 0.394 e. The van der Waals surface area contributed by atoms with Crippen LogP contribution in [0.4, 0.5) is 0 Å². The first-order valence-electron chi connectivity index (χ1n) is 46.3. The number of guanidine groups is 1. The number of benzene rings is 3. The Labute approximate surface area is 797 Å². The molecule has 42 nitrogen and oxygen atoms in total. The number of rotatable bonds is 29. The molecule has 6 heterocycles. The van der Waals surface area contributed by atoms with Crippen molar-refractivity contribution in [2.24, 2.45) is 29.0 Å². The number of aromatic nitrogens is 6. The lowest BCUT2D eigenvalue weighted by atomic mass is 9.92. The first-order chi connectivity index (χ1) is 65.5. The van der Waals surface area contributed by atoms with Gasteiger partial charge in [-0.3, -0.25) is 86.9 Å². The van der Waals surface area contributed by atoms with Crippen LogP contribution in [0, 0.1) is 17.2 Å². The van der Waals surface area contributed by atoms with E-state index in [1.165, 1.54) is 62.9 Å². The zero-order valence-corrected chi connectivity index (χ0v) is 79.3. The summed E-state index contributed by atoms with van der Waals surface area (Å²) in [6.07, 6.45) is 7.11. The lowest BCUT2D eigenvalue weighted by Crippen LogP contribution is -2.61. The number of Topliss-reactive ketones (excluding diaryl/α,β-unsaturated/α-hetero) is 2. The van der Waals surface area contributed by atoms with Crippen LogP contribution >= 0.6 is 11.8 Å². The molecule has 4 aromatic heterocycles. The molecule has 22 N–H and O–H groups in total. The minimum Gasteiger partial charge on any atom is -0.394 e. The van der Waals surface area contributed by atoms with Gasteiger partial charge in [0.25, 0.3) is 0 Å². The number of nitrogens with two attached hydrogens (primary N) is 3. The number of aliphatic hydroxyl groups is 1. The third-order valence-electron chi connectivity index (χ3n) is 24.5. The summed E-state index contributed by atoms with van der Waals surface area (Å²) in [4.78, 5) is 277. The van der Waals surface area contributed by atoms with Crippen LogP contribution in [0.5, 0.6) is 0 Å². The highest BCUT2D eigenvalue weighted by molar-refractivity contribution is 8.00. The molecule has 0 unspecified atom stereocenters. The van der Waals surface area contributed by atoms with Crippen LogP contribution < -0.4 is 70.4 Å². The van der Waals surface area contributed by atoms with Gasteiger partial charge in [0.1, 0.15) is 66.5 Å². The number of likely N-dealkylation sites (N-methyl/N-ethyl adjacent to an activating group) is 3. The number of hydrogen-bond donors (Lipinski definition) is 19. The number of primary amides is 2. The van der Waals surface area contributed by atoms with Crippen molar-refractivity contribution >= 4 is 140 Å². The smallest absolute Gasteiger partial charge is 0.246 e. The van der Waals surface area contributed by atoms with Gasteiger partial charge >= 0.3 is 0 Å². The number of aliphatic hydroxyl groups excluding tert-OH is 1. The van der Waals surface area contributed by atoms with Crippen molar-refractivity contribution in [1.29, 1.82) is 5.41 Å². The normalized spacial score (nSPS) is 23.6. The van der Waals surface area contributed by atoms with Crippen molar-refractivity contribution in [3.8, 4) is 0 Å². The molecule has 2 fully saturated rings. The van der Waals surface area contributed by atoms with E-state index < -0.39 is 229 Å². The molecule has 7 aromatic rings. The molecule has 43 heteroatoms. The number of unbranched alkanes of at least 4 members (excludes halogenated alkanes) is 2. The molecule has 15 amide bonds. The van der Waals surface area contributed by atoms with Gasteiger partial charge in [0.05, 0.1) is 60.8 Å². The van der Waals surface area contributed by atoms with E-state index in [1.54, 1.807) is 105 Å². The van der Waals surface area contributed by atoms with Gasteiger partial charge < -0.3 is 115 Å². The average molecular weight is 1920 g/mol. The third-order valence-corrected chi connectivity index (χ3v) is 25.6. The average Bonchev–Trinajstić information content (AvgIpc) is 1.80. The Morgan fingerprint density at radius 1 is 0.526 bits per heavy atom. The summed E-state index contributed by atoms with van der Waals surface area (Å²) in [5.41, 5.74) is 20.4. The number of carbonyl (C=O) groups is 17. The summed E-state index contributed by atoms with van der Waals surface area (Å²) in [5.74, 6) is -17.7. The van der Waals surface area contributed by atoms with Gasteiger partial charge in [-0.15, -0.1) is 11.8 Å². The van der Waals surface area contributed by atoms with Crippen molar-refractivity contribution in [2.45, 2.75) is 242 Å². The minimum atomic E-state index is -1.91. The maximum Gasteiger partial charge on any atom is 0.246 e. The SMILES string of the molecule is CCCC[C@H]1C(=O)N(C)[C@@H](CCCC)C(=O)N[C@@H](CC(C)C)C(=O)N[C@H](C(=O)CCC(N)=O)CSCC(=O)N[C@@H](Cc2ccccc2)C(=O)N(C)[C@@H](C)C(=O)N[C@@H](CC(N)=O)C(=O)N2CCC[C@H]2C(=O)C[C@@H](Cc2c[nH]cn2)C(=O)N[C@@H](Cc2c[nH]cn2)C(=O)N[C@@H](CO)C(=O)N[C@@H](Cc2c[nH]c3ccccc23)C(=O)N[C@@H](CCCNC(=N)N)C(=O)N[C@@H](Cc2c[nH]c3ccccc23)C(=O)N1C. The van der Waals surface area contributed by atoms with Crippen LogP contribution in [-0.4, -0.2) is 292 Å². The number of H-pyrrole nitrogens is 4. The van der Waals surface area contributed by atoms with Crippen LogP contribution in [0.15, 0.2) is 116 Å². The molecule has 137 heavy (non-hydrogen) atoms. The second kappa shape index (κ2) is 52.3. The maximum absolute atomic E-state index is 16.0. The van der Waals surface area contributed by atoms with Gasteiger partial charge in [-0.05, 0) is 86.6 Å². The molecule has 0 aliphatic carbocycles. The Balaban J connectivity index is 1.11. The molecule has 3 aromatic carbocycles. The van der Waals surface area contributed by atoms with Gasteiger partial charge in [0.2, 0.25) is 88.6 Å². The van der Waals surface area contributed by atoms with E-state index in [4.69, 9.17) is 22.6 Å². The highest BCUT2D eigenvalue weighted by atomic mass is 32.2. The molecule has 2 aliphatic rings. The van der Waals surface area contributed by atoms with E-state index in [1.807, 2.05) is 13.8 Å². The van der Waals surface area contributed by atoms with E-state index in [0.29, 0.717) is 64.2 Å². The van der Waals surface area contributed by atoms with Gasteiger partial charge in [-0.1, -0.05) is 120 Å². The highest BCUT2D eigenvalue weighted by Gasteiger charge is 2.44. The topological polar surface area (TPSA) is 635 Å². The summed E-state index contributed by atoms with van der Waals surface area (Å²) in [5, 5.41) is 47.6. The first-order valence-corrected chi connectivity index (χ1v) is 47.4. The van der Waals surface area contributed by atoms with Crippen LogP contribution in [0.1, 0.15) is 159 Å². The fourth-order valence-corrected chi connectivity index (χ4v) is 17.7. The predicted molar refractivity (Wildman–Crippen MR) is 509 cm³/mol. The van der Waals surface area contributed by atoms with E-state index >= 15 is 43.2 Å². The first kappa shape index (κ1) is 107. The summed E-state index contributed by atoms with van der Waals surface area (Å²) >= 11 is 0.867. The lowest BCUT2D eigenvalue weighted by molar-refractivity contribution is -0.149. The molecule has 9 rings (SSSR count). The number of amides is 15. The van der Waals surface area contributed by atoms with Crippen LogP contribution in [-0.2, 0) is 114 Å². The number of nitrogens with zero attached hydrogens (tertiary/aromatic N) is 6. The van der Waals surface area contributed by atoms with Crippen molar-refractivity contribution in [1.82, 2.24) is 103 Å². The predicted octanol–water partition coefficient (Wildman–Crippen LogP) is 0.178. The number of nitrogens with one attached hydrogen (secondary N) is 15. The summed E-state index contributed by atoms with van der Waals surface area (Å²) in [6.45, 7) is 7.41. The third kappa shape index (κ3) is 31.1. The zero-order chi connectivity index (χ0) is 99.7. The van der Waals surface area contributed by atoms with Crippen LogP contribution in [0.25, 0.3) is 21.8 Å². The summed E-state index contributed by atoms with van der Waals surface area (Å²) < 4.78 is 0. The zero-order valence-electron chi connectivity index (χ0n) is 78.5. The molecular weight excluding hydrogens is 1790 g/mol. The molecular formula is C94H130N24O18S. The van der Waals surface area contributed by atoms with Crippen LogP contribution in [0.2, 0.25) is 0 Å². The highest BCUT2D eigenvalue weighted by Crippen LogP contribution is 2.28. The lowest BCUT2D eigenvalue weighted by Gasteiger charge is -2.36. The molecule has 0 spiro atoms. The molecule has 0 bridgehead atoms. The number of ketones is 2. The Bertz CT molecular complexity index is 5360. The Kier molecular flexibility index (Phi) is 40.8. The number of para-hydroxylation sites is 2. The number of hydrogen-bond acceptors (Lipinski definition) is 22. The monoisotopic (exact) mass is 1910 g/mol. The fraction of sp³-hybridized carbons (Fsp3) is 0.511. The molecule has 0 radical (unpaired) electrons. The van der Waals surface area contributed by atoms with Gasteiger partial charge in [-0.2, -0.15) is 0 Å².